The summed E-state index contributed by atoms with van der Waals surface area (Å²) in [6.45, 7) is 6.33. The largest absolute Gasteiger partial charge is 0.329 e. The lowest BCUT2D eigenvalue weighted by Crippen LogP contribution is -2.37. The average Bonchev–Trinajstić information content (AvgIpc) is 3.09. The van der Waals surface area contributed by atoms with Crippen LogP contribution in [0, 0.1) is 6.92 Å². The molecule has 0 saturated heterocycles. The Hall–Kier alpha value is -1.86. The molecule has 1 aromatic heterocycles. The van der Waals surface area contributed by atoms with Crippen molar-refractivity contribution >= 4 is 33.2 Å². The van der Waals surface area contributed by atoms with Gasteiger partial charge in [-0.25, -0.2) is 13.4 Å². The van der Waals surface area contributed by atoms with Crippen molar-refractivity contribution < 1.29 is 8.42 Å². The van der Waals surface area contributed by atoms with E-state index in [2.05, 4.69) is 4.98 Å². The first kappa shape index (κ1) is 21.8. The molecule has 0 amide bonds. The van der Waals surface area contributed by atoms with Crippen LogP contribution in [0.4, 0.5) is 0 Å². The summed E-state index contributed by atoms with van der Waals surface area (Å²) in [6.07, 6.45) is 3.50. The van der Waals surface area contributed by atoms with Gasteiger partial charge >= 0.3 is 0 Å². The number of imidazole rings is 1. The lowest BCUT2D eigenvalue weighted by Gasteiger charge is -2.26. The number of sulfonamides is 1. The standard InChI is InChI=1S/C21H23Cl2N3O2S/c1-15(2)26(29(27,28)18-7-4-16(3)5-8-18)14-21-24-10-11-25(21)13-17-6-9-19(22)20(23)12-17/h4-12,15H,13-14H2,1-3H3. The monoisotopic (exact) mass is 451 g/mol. The van der Waals surface area contributed by atoms with Gasteiger partial charge in [-0.15, -0.1) is 0 Å². The molecular weight excluding hydrogens is 429 g/mol. The fourth-order valence-corrected chi connectivity index (χ4v) is 4.91. The normalized spacial score (nSPS) is 12.1. The van der Waals surface area contributed by atoms with Crippen LogP contribution in [0.3, 0.4) is 0 Å². The van der Waals surface area contributed by atoms with Crippen LogP contribution < -0.4 is 0 Å². The van der Waals surface area contributed by atoms with Gasteiger partial charge in [-0.05, 0) is 50.6 Å². The number of hydrogen-bond acceptors (Lipinski definition) is 3. The van der Waals surface area contributed by atoms with Crippen molar-refractivity contribution in [3.05, 3.63) is 81.9 Å². The molecular formula is C21H23Cl2N3O2S. The van der Waals surface area contributed by atoms with Crippen molar-refractivity contribution in [1.29, 1.82) is 0 Å². The number of aromatic nitrogens is 2. The molecule has 0 atom stereocenters. The summed E-state index contributed by atoms with van der Waals surface area (Å²) >= 11 is 12.1. The Morgan fingerprint density at radius 3 is 2.38 bits per heavy atom. The van der Waals surface area contributed by atoms with Crippen LogP contribution in [-0.2, 0) is 23.1 Å². The predicted octanol–water partition coefficient (Wildman–Crippen LogP) is 5.15. The van der Waals surface area contributed by atoms with E-state index in [-0.39, 0.29) is 17.5 Å². The minimum absolute atomic E-state index is 0.169. The second-order valence-corrected chi connectivity index (χ2v) is 9.88. The van der Waals surface area contributed by atoms with E-state index >= 15 is 0 Å². The van der Waals surface area contributed by atoms with Gasteiger partial charge in [0.05, 0.1) is 21.5 Å². The summed E-state index contributed by atoms with van der Waals surface area (Å²) in [5.74, 6) is 0.653. The van der Waals surface area contributed by atoms with Crippen molar-refractivity contribution in [2.24, 2.45) is 0 Å². The van der Waals surface area contributed by atoms with Crippen LogP contribution >= 0.6 is 23.2 Å². The molecule has 0 aliphatic carbocycles. The Balaban J connectivity index is 1.88. The molecule has 0 unspecified atom stereocenters. The summed E-state index contributed by atoms with van der Waals surface area (Å²) in [4.78, 5) is 4.67. The minimum atomic E-state index is -3.65. The first-order valence-corrected chi connectivity index (χ1v) is 11.4. The maximum Gasteiger partial charge on any atom is 0.243 e. The molecule has 0 aliphatic rings. The van der Waals surface area contributed by atoms with E-state index in [1.165, 1.54) is 4.31 Å². The third-order valence-corrected chi connectivity index (χ3v) is 7.41. The number of halogens is 2. The first-order chi connectivity index (χ1) is 13.7. The number of aryl methyl sites for hydroxylation is 1. The highest BCUT2D eigenvalue weighted by Gasteiger charge is 2.28. The second-order valence-electron chi connectivity index (χ2n) is 7.18. The molecule has 0 fully saturated rings. The van der Waals surface area contributed by atoms with Crippen LogP contribution in [0.25, 0.3) is 0 Å². The zero-order valence-electron chi connectivity index (χ0n) is 16.5. The Morgan fingerprint density at radius 2 is 1.76 bits per heavy atom. The Labute approximate surface area is 182 Å². The molecule has 5 nitrogen and oxygen atoms in total. The summed E-state index contributed by atoms with van der Waals surface area (Å²) in [5, 5.41) is 0.980. The zero-order valence-corrected chi connectivity index (χ0v) is 18.8. The van der Waals surface area contributed by atoms with Crippen molar-refractivity contribution in [2.45, 2.75) is 44.8 Å². The zero-order chi connectivity index (χ0) is 21.2. The van der Waals surface area contributed by atoms with Gasteiger partial charge in [0.15, 0.2) is 0 Å². The molecule has 0 saturated carbocycles. The molecule has 0 bridgehead atoms. The number of nitrogens with zero attached hydrogens (tertiary/aromatic N) is 3. The summed E-state index contributed by atoms with van der Waals surface area (Å²) in [7, 11) is -3.65. The average molecular weight is 452 g/mol. The molecule has 2 aromatic carbocycles. The van der Waals surface area contributed by atoms with E-state index in [9.17, 15) is 8.42 Å². The van der Waals surface area contributed by atoms with Gasteiger partial charge < -0.3 is 4.57 Å². The Morgan fingerprint density at radius 1 is 1.07 bits per heavy atom. The molecule has 154 valence electrons. The fraction of sp³-hybridized carbons (Fsp3) is 0.286. The highest BCUT2D eigenvalue weighted by atomic mass is 35.5. The lowest BCUT2D eigenvalue weighted by molar-refractivity contribution is 0.336. The van der Waals surface area contributed by atoms with Crippen molar-refractivity contribution in [3.63, 3.8) is 0 Å². The summed E-state index contributed by atoms with van der Waals surface area (Å²) < 4.78 is 29.8. The van der Waals surface area contributed by atoms with Crippen LogP contribution in [0.2, 0.25) is 10.0 Å². The molecule has 3 rings (SSSR count). The molecule has 1 heterocycles. The highest BCUT2D eigenvalue weighted by molar-refractivity contribution is 7.89. The van der Waals surface area contributed by atoms with Crippen LogP contribution in [0.5, 0.6) is 0 Å². The van der Waals surface area contributed by atoms with E-state index in [4.69, 9.17) is 23.2 Å². The molecule has 0 N–H and O–H groups in total. The van der Waals surface area contributed by atoms with E-state index in [1.54, 1.807) is 42.6 Å². The van der Waals surface area contributed by atoms with Gasteiger partial charge in [0.2, 0.25) is 10.0 Å². The molecule has 0 aliphatic heterocycles. The van der Waals surface area contributed by atoms with Gasteiger partial charge in [-0.2, -0.15) is 4.31 Å². The van der Waals surface area contributed by atoms with E-state index < -0.39 is 10.0 Å². The van der Waals surface area contributed by atoms with Gasteiger partial charge in [0, 0.05) is 25.0 Å². The Bertz CT molecular complexity index is 1090. The van der Waals surface area contributed by atoms with Crippen LogP contribution in [-0.4, -0.2) is 28.3 Å². The minimum Gasteiger partial charge on any atom is -0.329 e. The number of benzene rings is 2. The van der Waals surface area contributed by atoms with E-state index in [0.29, 0.717) is 22.4 Å². The fourth-order valence-electron chi connectivity index (χ4n) is 3.00. The van der Waals surface area contributed by atoms with Gasteiger partial charge in [0.25, 0.3) is 0 Å². The maximum absolute atomic E-state index is 13.2. The molecule has 0 spiro atoms. The van der Waals surface area contributed by atoms with Crippen molar-refractivity contribution in [3.8, 4) is 0 Å². The summed E-state index contributed by atoms with van der Waals surface area (Å²) in [6, 6.07) is 12.1. The number of rotatable bonds is 7. The smallest absolute Gasteiger partial charge is 0.243 e. The third kappa shape index (κ3) is 5.01. The Kier molecular flexibility index (Phi) is 6.69. The van der Waals surface area contributed by atoms with Crippen molar-refractivity contribution in [1.82, 2.24) is 13.9 Å². The molecule has 3 aromatic rings. The van der Waals surface area contributed by atoms with Gasteiger partial charge in [-0.1, -0.05) is 47.0 Å². The lowest BCUT2D eigenvalue weighted by atomic mass is 10.2. The van der Waals surface area contributed by atoms with Crippen LogP contribution in [0.1, 0.15) is 30.8 Å². The van der Waals surface area contributed by atoms with Crippen LogP contribution in [0.15, 0.2) is 59.8 Å². The maximum atomic E-state index is 13.2. The molecule has 0 radical (unpaired) electrons. The summed E-state index contributed by atoms with van der Waals surface area (Å²) in [5.41, 5.74) is 1.97. The SMILES string of the molecule is Cc1ccc(S(=O)(=O)N(Cc2nccn2Cc2ccc(Cl)c(Cl)c2)C(C)C)cc1. The number of hydrogen-bond donors (Lipinski definition) is 0. The third-order valence-electron chi connectivity index (χ3n) is 4.64. The van der Waals surface area contributed by atoms with Gasteiger partial charge in [-0.3, -0.25) is 0 Å². The second kappa shape index (κ2) is 8.88. The molecule has 8 heteroatoms. The highest BCUT2D eigenvalue weighted by Crippen LogP contribution is 2.24. The van der Waals surface area contributed by atoms with Gasteiger partial charge in [0.1, 0.15) is 5.82 Å². The van der Waals surface area contributed by atoms with E-state index in [0.717, 1.165) is 11.1 Å². The predicted molar refractivity (Wildman–Crippen MR) is 117 cm³/mol. The van der Waals surface area contributed by atoms with E-state index in [1.807, 2.05) is 37.6 Å². The topological polar surface area (TPSA) is 55.2 Å². The van der Waals surface area contributed by atoms with Crippen molar-refractivity contribution in [2.75, 3.05) is 0 Å². The first-order valence-electron chi connectivity index (χ1n) is 9.21. The molecule has 29 heavy (non-hydrogen) atoms. The quantitative estimate of drug-likeness (QED) is 0.499.